The fraction of sp³-hybridized carbons (Fsp3) is 0.143. The van der Waals surface area contributed by atoms with E-state index in [-0.39, 0.29) is 35.4 Å². The maximum atomic E-state index is 12.7. The SMILES string of the molecule is C=CCN(CC=C)S(=O)(=O)c1ccc(NC(=S)NC(=O)Cc2ccc(Cl)cc2)cc1. The topological polar surface area (TPSA) is 78.5 Å². The number of nitrogens with one attached hydrogen (secondary N) is 2. The highest BCUT2D eigenvalue weighted by molar-refractivity contribution is 7.89. The summed E-state index contributed by atoms with van der Waals surface area (Å²) in [4.78, 5) is 12.2. The number of rotatable bonds is 9. The number of hydrogen-bond acceptors (Lipinski definition) is 4. The summed E-state index contributed by atoms with van der Waals surface area (Å²) in [5, 5.41) is 6.16. The van der Waals surface area contributed by atoms with Gasteiger partial charge >= 0.3 is 0 Å². The highest BCUT2D eigenvalue weighted by atomic mass is 35.5. The van der Waals surface area contributed by atoms with Crippen LogP contribution in [-0.4, -0.2) is 36.8 Å². The molecule has 0 aliphatic heterocycles. The van der Waals surface area contributed by atoms with E-state index >= 15 is 0 Å². The Balaban J connectivity index is 1.98. The lowest BCUT2D eigenvalue weighted by Gasteiger charge is -2.19. The Labute approximate surface area is 187 Å². The van der Waals surface area contributed by atoms with E-state index < -0.39 is 10.0 Å². The van der Waals surface area contributed by atoms with E-state index in [9.17, 15) is 13.2 Å². The number of halogens is 1. The lowest BCUT2D eigenvalue weighted by Crippen LogP contribution is -2.35. The summed E-state index contributed by atoms with van der Waals surface area (Å²) in [6.07, 6.45) is 3.18. The fourth-order valence-corrected chi connectivity index (χ4v) is 4.28. The molecule has 158 valence electrons. The Morgan fingerprint density at radius 2 is 1.60 bits per heavy atom. The van der Waals surface area contributed by atoms with E-state index in [1.807, 2.05) is 0 Å². The van der Waals surface area contributed by atoms with Gasteiger partial charge in [-0.05, 0) is 54.2 Å². The molecular weight excluding hydrogens is 442 g/mol. The minimum Gasteiger partial charge on any atom is -0.332 e. The summed E-state index contributed by atoms with van der Waals surface area (Å²) in [5.74, 6) is -0.279. The Hall–Kier alpha value is -2.52. The third-order valence-corrected chi connectivity index (χ3v) is 6.25. The minimum absolute atomic E-state index is 0.115. The van der Waals surface area contributed by atoms with Crippen molar-refractivity contribution < 1.29 is 13.2 Å². The molecule has 2 aromatic carbocycles. The predicted octanol–water partition coefficient (Wildman–Crippen LogP) is 3.76. The Bertz CT molecular complexity index is 1010. The van der Waals surface area contributed by atoms with Crippen LogP contribution >= 0.6 is 23.8 Å². The van der Waals surface area contributed by atoms with Gasteiger partial charge < -0.3 is 10.6 Å². The van der Waals surface area contributed by atoms with Gasteiger partial charge in [-0.2, -0.15) is 4.31 Å². The van der Waals surface area contributed by atoms with Crippen LogP contribution in [-0.2, 0) is 21.2 Å². The average molecular weight is 464 g/mol. The van der Waals surface area contributed by atoms with Gasteiger partial charge in [0.15, 0.2) is 5.11 Å². The highest BCUT2D eigenvalue weighted by Gasteiger charge is 2.22. The zero-order valence-corrected chi connectivity index (χ0v) is 18.6. The number of benzene rings is 2. The van der Waals surface area contributed by atoms with Crippen molar-refractivity contribution in [2.45, 2.75) is 11.3 Å². The van der Waals surface area contributed by atoms with Crippen LogP contribution in [0.25, 0.3) is 0 Å². The second-order valence-electron chi connectivity index (χ2n) is 6.23. The predicted molar refractivity (Wildman–Crippen MR) is 125 cm³/mol. The van der Waals surface area contributed by atoms with Gasteiger partial charge in [0.05, 0.1) is 11.3 Å². The van der Waals surface area contributed by atoms with Crippen molar-refractivity contribution in [3.8, 4) is 0 Å². The summed E-state index contributed by atoms with van der Waals surface area (Å²) in [6.45, 7) is 7.53. The normalized spacial score (nSPS) is 11.0. The van der Waals surface area contributed by atoms with Crippen molar-refractivity contribution in [3.05, 3.63) is 84.4 Å². The molecule has 0 saturated heterocycles. The summed E-state index contributed by atoms with van der Waals surface area (Å²) in [6, 6.07) is 13.0. The number of anilines is 1. The molecule has 0 aliphatic carbocycles. The molecule has 0 radical (unpaired) electrons. The van der Waals surface area contributed by atoms with E-state index in [0.717, 1.165) is 5.56 Å². The van der Waals surface area contributed by atoms with Gasteiger partial charge in [0.25, 0.3) is 0 Å². The van der Waals surface area contributed by atoms with Gasteiger partial charge in [-0.15, -0.1) is 13.2 Å². The molecule has 0 unspecified atom stereocenters. The number of carbonyl (C=O) groups excluding carboxylic acids is 1. The largest absolute Gasteiger partial charge is 0.332 e. The van der Waals surface area contributed by atoms with E-state index in [1.165, 1.54) is 28.6 Å². The third-order valence-electron chi connectivity index (χ3n) is 3.95. The van der Waals surface area contributed by atoms with Crippen molar-refractivity contribution >= 4 is 50.5 Å². The highest BCUT2D eigenvalue weighted by Crippen LogP contribution is 2.18. The Morgan fingerprint density at radius 1 is 1.03 bits per heavy atom. The Kier molecular flexibility index (Phi) is 8.73. The number of sulfonamides is 1. The van der Waals surface area contributed by atoms with Gasteiger partial charge in [0.1, 0.15) is 0 Å². The number of amides is 1. The molecule has 1 amide bonds. The molecule has 0 heterocycles. The zero-order valence-electron chi connectivity index (χ0n) is 16.2. The molecule has 0 bridgehead atoms. The molecule has 0 atom stereocenters. The third kappa shape index (κ3) is 6.77. The van der Waals surface area contributed by atoms with E-state index in [2.05, 4.69) is 23.8 Å². The second kappa shape index (κ2) is 11.0. The van der Waals surface area contributed by atoms with E-state index in [1.54, 1.807) is 36.4 Å². The van der Waals surface area contributed by atoms with Crippen molar-refractivity contribution in [1.82, 2.24) is 9.62 Å². The van der Waals surface area contributed by atoms with E-state index in [0.29, 0.717) is 10.7 Å². The minimum atomic E-state index is -3.68. The molecule has 0 aliphatic rings. The number of carbonyl (C=O) groups is 1. The van der Waals surface area contributed by atoms with Gasteiger partial charge in [-0.1, -0.05) is 35.9 Å². The van der Waals surface area contributed by atoms with Crippen molar-refractivity contribution in [2.75, 3.05) is 18.4 Å². The molecule has 2 rings (SSSR count). The Morgan fingerprint density at radius 3 is 2.13 bits per heavy atom. The molecule has 0 fully saturated rings. The summed E-state index contributed by atoms with van der Waals surface area (Å²) < 4.78 is 26.7. The van der Waals surface area contributed by atoms with Crippen molar-refractivity contribution in [2.24, 2.45) is 0 Å². The maximum absolute atomic E-state index is 12.7. The lowest BCUT2D eigenvalue weighted by molar-refractivity contribution is -0.119. The van der Waals surface area contributed by atoms with Crippen LogP contribution in [0.1, 0.15) is 5.56 Å². The van der Waals surface area contributed by atoms with Crippen LogP contribution in [0.15, 0.2) is 78.7 Å². The molecule has 0 saturated carbocycles. The van der Waals surface area contributed by atoms with Crippen LogP contribution < -0.4 is 10.6 Å². The van der Waals surface area contributed by atoms with Crippen LogP contribution in [0, 0.1) is 0 Å². The first-order chi connectivity index (χ1) is 14.3. The smallest absolute Gasteiger partial charge is 0.243 e. The zero-order chi connectivity index (χ0) is 22.1. The standard InChI is InChI=1S/C21H22ClN3O3S2/c1-3-13-25(14-4-2)30(27,28)19-11-9-18(10-12-19)23-21(29)24-20(26)15-16-5-7-17(22)8-6-16/h3-12H,1-2,13-15H2,(H2,23,24,26,29). The molecule has 2 N–H and O–H groups in total. The molecule has 0 spiro atoms. The number of hydrogen-bond donors (Lipinski definition) is 2. The molecule has 6 nitrogen and oxygen atoms in total. The van der Waals surface area contributed by atoms with Gasteiger partial charge in [-0.25, -0.2) is 8.42 Å². The van der Waals surface area contributed by atoms with Crippen LogP contribution in [0.2, 0.25) is 5.02 Å². The first-order valence-electron chi connectivity index (χ1n) is 8.93. The second-order valence-corrected chi connectivity index (χ2v) is 9.01. The number of nitrogens with zero attached hydrogens (tertiary/aromatic N) is 1. The molecule has 0 aromatic heterocycles. The van der Waals surface area contributed by atoms with Gasteiger partial charge in [0, 0.05) is 23.8 Å². The average Bonchev–Trinajstić information content (AvgIpc) is 2.70. The summed E-state index contributed by atoms with van der Waals surface area (Å²) >= 11 is 11.0. The van der Waals surface area contributed by atoms with Crippen molar-refractivity contribution in [1.29, 1.82) is 0 Å². The monoisotopic (exact) mass is 463 g/mol. The summed E-state index contributed by atoms with van der Waals surface area (Å²) in [7, 11) is -3.68. The molecule has 2 aromatic rings. The van der Waals surface area contributed by atoms with Crippen LogP contribution in [0.5, 0.6) is 0 Å². The lowest BCUT2D eigenvalue weighted by atomic mass is 10.1. The van der Waals surface area contributed by atoms with Gasteiger partial charge in [0.2, 0.25) is 15.9 Å². The van der Waals surface area contributed by atoms with Gasteiger partial charge in [-0.3, -0.25) is 4.79 Å². The molecule has 9 heteroatoms. The van der Waals surface area contributed by atoms with Crippen LogP contribution in [0.4, 0.5) is 5.69 Å². The quantitative estimate of drug-likeness (QED) is 0.437. The molecular formula is C21H22ClN3O3S2. The number of thiocarbonyl (C=S) groups is 1. The fourth-order valence-electron chi connectivity index (χ4n) is 2.54. The first kappa shape index (κ1) is 23.8. The van der Waals surface area contributed by atoms with Crippen LogP contribution in [0.3, 0.4) is 0 Å². The van der Waals surface area contributed by atoms with E-state index in [4.69, 9.17) is 23.8 Å². The molecule has 30 heavy (non-hydrogen) atoms. The first-order valence-corrected chi connectivity index (χ1v) is 11.2. The summed E-state index contributed by atoms with van der Waals surface area (Å²) in [5.41, 5.74) is 1.35. The van der Waals surface area contributed by atoms with Crippen molar-refractivity contribution in [3.63, 3.8) is 0 Å². The maximum Gasteiger partial charge on any atom is 0.243 e.